The molecule has 0 radical (unpaired) electrons. The predicted octanol–water partition coefficient (Wildman–Crippen LogP) is 0.976. The van der Waals surface area contributed by atoms with Gasteiger partial charge in [0.2, 0.25) is 6.39 Å². The van der Waals surface area contributed by atoms with E-state index in [2.05, 4.69) is 25.0 Å². The zero-order valence-corrected chi connectivity index (χ0v) is 10.2. The molecule has 0 bridgehead atoms. The first-order chi connectivity index (χ1) is 8.93. The first-order valence-electron chi connectivity index (χ1n) is 6.39. The molecule has 6 heteroatoms. The van der Waals surface area contributed by atoms with Crippen LogP contribution in [-0.4, -0.2) is 32.8 Å². The van der Waals surface area contributed by atoms with E-state index in [1.807, 2.05) is 12.5 Å². The van der Waals surface area contributed by atoms with Gasteiger partial charge in [0.25, 0.3) is 0 Å². The Morgan fingerprint density at radius 3 is 3.06 bits per heavy atom. The molecular weight excluding hydrogens is 230 g/mol. The summed E-state index contributed by atoms with van der Waals surface area (Å²) < 4.78 is 6.95. The Morgan fingerprint density at radius 2 is 2.28 bits per heavy atom. The van der Waals surface area contributed by atoms with Crippen molar-refractivity contribution in [2.75, 3.05) is 13.1 Å². The maximum atomic E-state index is 4.74. The van der Waals surface area contributed by atoms with E-state index in [4.69, 9.17) is 4.52 Å². The van der Waals surface area contributed by atoms with Gasteiger partial charge < -0.3 is 14.4 Å². The monoisotopic (exact) mass is 247 g/mol. The van der Waals surface area contributed by atoms with Crippen molar-refractivity contribution in [3.8, 4) is 0 Å². The second-order valence-electron chi connectivity index (χ2n) is 4.63. The zero-order valence-electron chi connectivity index (χ0n) is 10.2. The van der Waals surface area contributed by atoms with Crippen LogP contribution in [0.25, 0.3) is 0 Å². The lowest BCUT2D eigenvalue weighted by atomic mass is 9.95. The Morgan fingerprint density at radius 1 is 1.39 bits per heavy atom. The summed E-state index contributed by atoms with van der Waals surface area (Å²) >= 11 is 0. The normalized spacial score (nSPS) is 17.1. The molecular formula is C12H17N5O. The number of aromatic nitrogens is 4. The SMILES string of the molecule is c1nc(CCn2cncc2C2CCNCC2)no1. The third-order valence-electron chi connectivity index (χ3n) is 3.49. The molecule has 96 valence electrons. The van der Waals surface area contributed by atoms with Crippen molar-refractivity contribution >= 4 is 0 Å². The third kappa shape index (κ3) is 2.43. The highest BCUT2D eigenvalue weighted by Crippen LogP contribution is 2.24. The molecule has 18 heavy (non-hydrogen) atoms. The molecule has 6 nitrogen and oxygen atoms in total. The Balaban J connectivity index is 1.67. The summed E-state index contributed by atoms with van der Waals surface area (Å²) in [5.74, 6) is 1.37. The molecule has 1 aliphatic heterocycles. The van der Waals surface area contributed by atoms with Gasteiger partial charge in [0, 0.05) is 30.8 Å². The summed E-state index contributed by atoms with van der Waals surface area (Å²) in [5, 5.41) is 7.22. The Bertz CT molecular complexity index is 472. The number of hydrogen-bond acceptors (Lipinski definition) is 5. The highest BCUT2D eigenvalue weighted by Gasteiger charge is 2.18. The van der Waals surface area contributed by atoms with Crippen molar-refractivity contribution in [1.82, 2.24) is 25.0 Å². The van der Waals surface area contributed by atoms with Crippen molar-refractivity contribution < 1.29 is 4.52 Å². The van der Waals surface area contributed by atoms with Crippen LogP contribution >= 0.6 is 0 Å². The predicted molar refractivity (Wildman–Crippen MR) is 65.1 cm³/mol. The molecule has 1 N–H and O–H groups in total. The van der Waals surface area contributed by atoms with E-state index in [0.29, 0.717) is 5.92 Å². The molecule has 1 aliphatic rings. The van der Waals surface area contributed by atoms with Crippen molar-refractivity contribution in [1.29, 1.82) is 0 Å². The van der Waals surface area contributed by atoms with Crippen LogP contribution < -0.4 is 5.32 Å². The minimum Gasteiger partial charge on any atom is -0.343 e. The molecule has 0 aliphatic carbocycles. The van der Waals surface area contributed by atoms with Crippen molar-refractivity contribution in [3.05, 3.63) is 30.4 Å². The van der Waals surface area contributed by atoms with Crippen LogP contribution in [0.5, 0.6) is 0 Å². The molecule has 3 rings (SSSR count). The van der Waals surface area contributed by atoms with E-state index in [0.717, 1.165) is 31.9 Å². The lowest BCUT2D eigenvalue weighted by molar-refractivity contribution is 0.406. The summed E-state index contributed by atoms with van der Waals surface area (Å²) in [4.78, 5) is 8.31. The highest BCUT2D eigenvalue weighted by molar-refractivity contribution is 5.08. The van der Waals surface area contributed by atoms with Gasteiger partial charge >= 0.3 is 0 Å². The van der Waals surface area contributed by atoms with Gasteiger partial charge in [-0.05, 0) is 25.9 Å². The standard InChI is InChI=1S/C12H17N5O/c1-4-13-5-2-10(1)11-7-14-8-17(11)6-3-12-15-9-18-16-12/h7-10,13H,1-6H2. The third-order valence-corrected chi connectivity index (χ3v) is 3.49. The zero-order chi connectivity index (χ0) is 12.2. The molecule has 0 amide bonds. The first-order valence-corrected chi connectivity index (χ1v) is 6.39. The summed E-state index contributed by atoms with van der Waals surface area (Å²) in [5.41, 5.74) is 1.33. The molecule has 1 fully saturated rings. The number of nitrogens with zero attached hydrogens (tertiary/aromatic N) is 4. The van der Waals surface area contributed by atoms with Gasteiger partial charge in [0.15, 0.2) is 5.82 Å². The lowest BCUT2D eigenvalue weighted by Crippen LogP contribution is -2.27. The average Bonchev–Trinajstić information content (AvgIpc) is 3.09. The number of hydrogen-bond donors (Lipinski definition) is 1. The van der Waals surface area contributed by atoms with E-state index < -0.39 is 0 Å². The molecule has 0 spiro atoms. The summed E-state index contributed by atoms with van der Waals surface area (Å²) in [6.07, 6.45) is 8.42. The summed E-state index contributed by atoms with van der Waals surface area (Å²) in [6, 6.07) is 0. The van der Waals surface area contributed by atoms with Crippen molar-refractivity contribution in [2.45, 2.75) is 31.7 Å². The van der Waals surface area contributed by atoms with Gasteiger partial charge in [-0.25, -0.2) is 4.98 Å². The number of nitrogens with one attached hydrogen (secondary N) is 1. The molecule has 0 atom stereocenters. The molecule has 0 aromatic carbocycles. The highest BCUT2D eigenvalue weighted by atomic mass is 16.5. The second-order valence-corrected chi connectivity index (χ2v) is 4.63. The smallest absolute Gasteiger partial charge is 0.213 e. The van der Waals surface area contributed by atoms with Crippen LogP contribution in [0.4, 0.5) is 0 Å². The van der Waals surface area contributed by atoms with Gasteiger partial charge in [0.1, 0.15) is 0 Å². The molecule has 0 unspecified atom stereocenters. The van der Waals surface area contributed by atoms with Crippen LogP contribution in [0.3, 0.4) is 0 Å². The lowest BCUT2D eigenvalue weighted by Gasteiger charge is -2.23. The molecule has 0 saturated carbocycles. The fourth-order valence-corrected chi connectivity index (χ4v) is 2.50. The Kier molecular flexibility index (Phi) is 3.36. The largest absolute Gasteiger partial charge is 0.343 e. The molecule has 2 aromatic rings. The molecule has 1 saturated heterocycles. The van der Waals surface area contributed by atoms with Crippen molar-refractivity contribution in [3.63, 3.8) is 0 Å². The van der Waals surface area contributed by atoms with E-state index in [1.165, 1.54) is 24.9 Å². The van der Waals surface area contributed by atoms with Crippen molar-refractivity contribution in [2.24, 2.45) is 0 Å². The number of rotatable bonds is 4. The first kappa shape index (κ1) is 11.4. The number of aryl methyl sites for hydroxylation is 2. The maximum Gasteiger partial charge on any atom is 0.213 e. The van der Waals surface area contributed by atoms with Gasteiger partial charge in [0.05, 0.1) is 6.33 Å². The van der Waals surface area contributed by atoms with Crippen LogP contribution in [0.1, 0.15) is 30.3 Å². The van der Waals surface area contributed by atoms with Gasteiger partial charge in [-0.3, -0.25) is 0 Å². The summed E-state index contributed by atoms with van der Waals surface area (Å²) in [7, 11) is 0. The van der Waals surface area contributed by atoms with Crippen LogP contribution in [0, 0.1) is 0 Å². The van der Waals surface area contributed by atoms with E-state index >= 15 is 0 Å². The van der Waals surface area contributed by atoms with Crippen LogP contribution in [0.15, 0.2) is 23.4 Å². The van der Waals surface area contributed by atoms with E-state index in [1.54, 1.807) is 0 Å². The summed E-state index contributed by atoms with van der Waals surface area (Å²) in [6.45, 7) is 3.06. The minimum atomic E-state index is 0.624. The Labute approximate surface area is 105 Å². The fraction of sp³-hybridized carbons (Fsp3) is 0.583. The minimum absolute atomic E-state index is 0.624. The van der Waals surface area contributed by atoms with Gasteiger partial charge in [-0.15, -0.1) is 0 Å². The fourth-order valence-electron chi connectivity index (χ4n) is 2.50. The average molecular weight is 247 g/mol. The van der Waals surface area contributed by atoms with Crippen LogP contribution in [-0.2, 0) is 13.0 Å². The Hall–Kier alpha value is -1.69. The van der Waals surface area contributed by atoms with E-state index in [-0.39, 0.29) is 0 Å². The number of piperidine rings is 1. The molecule has 2 aromatic heterocycles. The van der Waals surface area contributed by atoms with Gasteiger partial charge in [-0.1, -0.05) is 5.16 Å². The number of imidazole rings is 1. The molecule has 3 heterocycles. The maximum absolute atomic E-state index is 4.74. The topological polar surface area (TPSA) is 68.8 Å². The van der Waals surface area contributed by atoms with Gasteiger partial charge in [-0.2, -0.15) is 4.98 Å². The van der Waals surface area contributed by atoms with Crippen LogP contribution in [0.2, 0.25) is 0 Å². The van der Waals surface area contributed by atoms with E-state index in [9.17, 15) is 0 Å². The second kappa shape index (κ2) is 5.30. The quantitative estimate of drug-likeness (QED) is 0.872.